The fourth-order valence-electron chi connectivity index (χ4n) is 4.67. The summed E-state index contributed by atoms with van der Waals surface area (Å²) in [6, 6.07) is 26.2. The maximum Gasteiger partial charge on any atom is 0.301 e. The molecule has 0 bridgehead atoms. The molecule has 11 heteroatoms. The molecule has 0 saturated carbocycles. The van der Waals surface area contributed by atoms with Crippen LogP contribution in [-0.2, 0) is 0 Å². The summed E-state index contributed by atoms with van der Waals surface area (Å²) in [7, 11) is 3.10. The largest absolute Gasteiger partial charge is 0.493 e. The third-order valence-corrected chi connectivity index (χ3v) is 6.57. The van der Waals surface area contributed by atoms with Crippen LogP contribution in [0.15, 0.2) is 102 Å². The van der Waals surface area contributed by atoms with Gasteiger partial charge in [-0.3, -0.25) is 25.7 Å². The van der Waals surface area contributed by atoms with E-state index in [0.29, 0.717) is 34.1 Å². The van der Waals surface area contributed by atoms with Crippen molar-refractivity contribution in [2.24, 2.45) is 5.10 Å². The zero-order chi connectivity index (χ0) is 28.9. The number of nitrogens with one attached hydrogen (secondary N) is 1. The average Bonchev–Trinajstić information content (AvgIpc) is 3.00. The first kappa shape index (κ1) is 26.9. The Labute approximate surface area is 234 Å². The van der Waals surface area contributed by atoms with Gasteiger partial charge in [-0.25, -0.2) is 0 Å². The first-order chi connectivity index (χ1) is 19.9. The zero-order valence-electron chi connectivity index (χ0n) is 22.0. The molecule has 1 N–H and O–H groups in total. The molecule has 1 aliphatic heterocycles. The topological polar surface area (TPSA) is 138 Å². The van der Waals surface area contributed by atoms with E-state index in [4.69, 9.17) is 14.2 Å². The van der Waals surface area contributed by atoms with Crippen LogP contribution in [0.3, 0.4) is 0 Å². The number of non-ortho nitro benzene ring substituents is 1. The third-order valence-electron chi connectivity index (χ3n) is 6.57. The van der Waals surface area contributed by atoms with Crippen molar-refractivity contribution in [2.45, 2.75) is 5.92 Å². The Morgan fingerprint density at radius 1 is 0.854 bits per heavy atom. The van der Waals surface area contributed by atoms with Gasteiger partial charge in [0, 0.05) is 28.7 Å². The van der Waals surface area contributed by atoms with Crippen molar-refractivity contribution < 1.29 is 24.1 Å². The highest BCUT2D eigenvalue weighted by molar-refractivity contribution is 5.94. The van der Waals surface area contributed by atoms with Crippen molar-refractivity contribution in [3.05, 3.63) is 133 Å². The van der Waals surface area contributed by atoms with Crippen molar-refractivity contribution in [1.29, 1.82) is 0 Å². The number of nitrogens with zero attached hydrogens (tertiary/aromatic N) is 3. The van der Waals surface area contributed by atoms with Gasteiger partial charge < -0.3 is 14.2 Å². The van der Waals surface area contributed by atoms with Crippen LogP contribution >= 0.6 is 0 Å². The number of rotatable bonds is 9. The lowest BCUT2D eigenvalue weighted by molar-refractivity contribution is -0.393. The Hall–Kier alpha value is -5.71. The summed E-state index contributed by atoms with van der Waals surface area (Å²) in [6.07, 6.45) is 1.55. The van der Waals surface area contributed by atoms with Crippen molar-refractivity contribution >= 4 is 29.0 Å². The maximum absolute atomic E-state index is 11.6. The number of allylic oxidation sites excluding steroid dienone is 1. The van der Waals surface area contributed by atoms with Crippen LogP contribution in [-0.4, -0.2) is 30.3 Å². The smallest absolute Gasteiger partial charge is 0.301 e. The molecule has 1 unspecified atom stereocenters. The zero-order valence-corrected chi connectivity index (χ0v) is 22.0. The minimum Gasteiger partial charge on any atom is -0.493 e. The summed E-state index contributed by atoms with van der Waals surface area (Å²) < 4.78 is 17.4. The molecule has 1 heterocycles. The van der Waals surface area contributed by atoms with Gasteiger partial charge in [0.2, 0.25) is 0 Å². The van der Waals surface area contributed by atoms with Crippen molar-refractivity contribution in [3.8, 4) is 17.2 Å². The number of anilines is 1. The number of hydrogen-bond donors (Lipinski definition) is 1. The molecule has 1 atom stereocenters. The number of methoxy groups -OCH3 is 2. The number of hydrazone groups is 1. The average molecular weight is 553 g/mol. The van der Waals surface area contributed by atoms with Gasteiger partial charge in [0.25, 0.3) is 5.69 Å². The molecule has 0 aliphatic carbocycles. The molecular formula is C30H24N4O7. The second-order valence-electron chi connectivity index (χ2n) is 8.92. The van der Waals surface area contributed by atoms with E-state index in [1.54, 1.807) is 32.6 Å². The van der Waals surface area contributed by atoms with Crippen LogP contribution in [0.25, 0.3) is 5.76 Å². The minimum atomic E-state index is -0.702. The highest BCUT2D eigenvalue weighted by atomic mass is 16.6. The molecule has 11 nitrogen and oxygen atoms in total. The Bertz CT molecular complexity index is 1690. The highest BCUT2D eigenvalue weighted by Gasteiger charge is 2.31. The molecule has 4 aromatic carbocycles. The van der Waals surface area contributed by atoms with Gasteiger partial charge in [0.1, 0.15) is 17.2 Å². The summed E-state index contributed by atoms with van der Waals surface area (Å²) in [5, 5.41) is 27.1. The quantitative estimate of drug-likeness (QED) is 0.140. The van der Waals surface area contributed by atoms with E-state index in [1.807, 2.05) is 60.7 Å². The van der Waals surface area contributed by atoms with Gasteiger partial charge in [-0.1, -0.05) is 48.5 Å². The molecule has 0 radical (unpaired) electrons. The summed E-state index contributed by atoms with van der Waals surface area (Å²) in [5.74, 6) is 1.92. The molecule has 5 rings (SSSR count). The first-order valence-corrected chi connectivity index (χ1v) is 12.4. The predicted molar refractivity (Wildman–Crippen MR) is 154 cm³/mol. The van der Waals surface area contributed by atoms with Crippen LogP contribution in [0.5, 0.6) is 17.2 Å². The fraction of sp³-hybridized carbons (Fsp3) is 0.100. The SMILES string of the molecule is COc1ccc(C2=C(/C=N/Nc3ccc([N+](=O)[O-])cc3[N+](=O)[O-])C(c3ccccc3)c3ccccc3O2)cc1OC. The number of fused-ring (bicyclic) bond motifs is 1. The first-order valence-electron chi connectivity index (χ1n) is 12.4. The van der Waals surface area contributed by atoms with Crippen molar-refractivity contribution in [1.82, 2.24) is 0 Å². The number of para-hydroxylation sites is 1. The van der Waals surface area contributed by atoms with E-state index in [2.05, 4.69) is 10.5 Å². The third kappa shape index (κ3) is 5.41. The highest BCUT2D eigenvalue weighted by Crippen LogP contribution is 2.46. The molecule has 0 aromatic heterocycles. The number of ether oxygens (including phenoxy) is 3. The molecular weight excluding hydrogens is 528 g/mol. The summed E-state index contributed by atoms with van der Waals surface area (Å²) in [6.45, 7) is 0. The Kier molecular flexibility index (Phi) is 7.59. The lowest BCUT2D eigenvalue weighted by atomic mass is 9.81. The number of benzene rings is 4. The standard InChI is InChI=1S/C30H24N4O7/c1-39-27-15-12-20(16-28(27)40-2)30-23(18-31-32-24-14-13-21(33(35)36)17-25(24)34(37)38)29(19-8-4-3-5-9-19)22-10-6-7-11-26(22)41-30/h3-18,29,32H,1-2H3/b31-18+. The summed E-state index contributed by atoms with van der Waals surface area (Å²) >= 11 is 0. The van der Waals surface area contributed by atoms with Crippen molar-refractivity contribution in [3.63, 3.8) is 0 Å². The van der Waals surface area contributed by atoms with E-state index in [-0.39, 0.29) is 11.6 Å². The second kappa shape index (κ2) is 11.6. The Morgan fingerprint density at radius 2 is 1.59 bits per heavy atom. The van der Waals surface area contributed by atoms with Crippen molar-refractivity contribution in [2.75, 3.05) is 19.6 Å². The van der Waals surface area contributed by atoms with Crippen LogP contribution < -0.4 is 19.6 Å². The minimum absolute atomic E-state index is 0.00138. The van der Waals surface area contributed by atoms with E-state index in [1.165, 1.54) is 12.1 Å². The molecule has 1 aliphatic rings. The van der Waals surface area contributed by atoms with Gasteiger partial charge in [0.15, 0.2) is 11.5 Å². The molecule has 0 spiro atoms. The van der Waals surface area contributed by atoms with E-state index in [0.717, 1.165) is 17.2 Å². The second-order valence-corrected chi connectivity index (χ2v) is 8.92. The number of hydrogen-bond acceptors (Lipinski definition) is 9. The van der Waals surface area contributed by atoms with E-state index in [9.17, 15) is 20.2 Å². The van der Waals surface area contributed by atoms with Crippen LogP contribution in [0, 0.1) is 20.2 Å². The normalized spacial score (nSPS) is 14.2. The lowest BCUT2D eigenvalue weighted by Gasteiger charge is -2.30. The number of nitro groups is 2. The van der Waals surface area contributed by atoms with Gasteiger partial charge >= 0.3 is 5.69 Å². The molecule has 4 aromatic rings. The monoisotopic (exact) mass is 552 g/mol. The van der Waals surface area contributed by atoms with Crippen LogP contribution in [0.4, 0.5) is 17.1 Å². The van der Waals surface area contributed by atoms with Gasteiger partial charge in [-0.15, -0.1) is 0 Å². The molecule has 206 valence electrons. The van der Waals surface area contributed by atoms with E-state index < -0.39 is 21.2 Å². The van der Waals surface area contributed by atoms with Gasteiger partial charge in [-0.2, -0.15) is 5.10 Å². The Morgan fingerprint density at radius 3 is 2.29 bits per heavy atom. The molecule has 0 saturated heterocycles. The fourth-order valence-corrected chi connectivity index (χ4v) is 4.67. The van der Waals surface area contributed by atoms with Crippen LogP contribution in [0.1, 0.15) is 22.6 Å². The van der Waals surface area contributed by atoms with Gasteiger partial charge in [-0.05, 0) is 35.9 Å². The predicted octanol–water partition coefficient (Wildman–Crippen LogP) is 6.55. The summed E-state index contributed by atoms with van der Waals surface area (Å²) in [5.41, 5.74) is 5.06. The lowest BCUT2D eigenvalue weighted by Crippen LogP contribution is -2.18. The van der Waals surface area contributed by atoms with Crippen LogP contribution in [0.2, 0.25) is 0 Å². The molecule has 0 fully saturated rings. The summed E-state index contributed by atoms with van der Waals surface area (Å²) in [4.78, 5) is 21.4. The number of nitro benzene ring substituents is 2. The molecule has 0 amide bonds. The molecule has 41 heavy (non-hydrogen) atoms. The Balaban J connectivity index is 1.66. The maximum atomic E-state index is 11.6. The van der Waals surface area contributed by atoms with E-state index >= 15 is 0 Å². The van der Waals surface area contributed by atoms with Gasteiger partial charge in [0.05, 0.1) is 36.3 Å².